The maximum absolute atomic E-state index is 9.52. The van der Waals surface area contributed by atoms with E-state index < -0.39 is 0 Å². The lowest BCUT2D eigenvalue weighted by Gasteiger charge is -2.55. The summed E-state index contributed by atoms with van der Waals surface area (Å²) in [6.07, 6.45) is 15.0. The van der Waals surface area contributed by atoms with Crippen molar-refractivity contribution in [1.29, 1.82) is 0 Å². The molecule has 3 rings (SSSR count). The highest BCUT2D eigenvalue weighted by Crippen LogP contribution is 2.64. The van der Waals surface area contributed by atoms with Gasteiger partial charge in [-0.25, -0.2) is 0 Å². The van der Waals surface area contributed by atoms with Gasteiger partial charge in [0.15, 0.2) is 0 Å². The van der Waals surface area contributed by atoms with Gasteiger partial charge < -0.3 is 5.11 Å². The third-order valence-corrected chi connectivity index (χ3v) is 8.95. The highest BCUT2D eigenvalue weighted by Gasteiger charge is 2.56. The second-order valence-corrected chi connectivity index (χ2v) is 10.8. The Hall–Kier alpha value is -0.460. The third-order valence-electron chi connectivity index (χ3n) is 8.95. The van der Waals surface area contributed by atoms with Gasteiger partial charge in [-0.05, 0) is 85.4 Å². The highest BCUT2D eigenvalue weighted by molar-refractivity contribution is 5.05. The van der Waals surface area contributed by atoms with Crippen molar-refractivity contribution in [2.75, 3.05) is 0 Å². The predicted molar refractivity (Wildman–Crippen MR) is 108 cm³/mol. The summed E-state index contributed by atoms with van der Waals surface area (Å²) in [5.74, 6) is 4.82. The molecule has 3 aliphatic carbocycles. The van der Waals surface area contributed by atoms with Crippen LogP contribution in [-0.4, -0.2) is 5.11 Å². The molecule has 3 saturated carbocycles. The molecule has 0 bridgehead atoms. The Morgan fingerprint density at radius 2 is 1.76 bits per heavy atom. The van der Waals surface area contributed by atoms with Crippen LogP contribution in [0.4, 0.5) is 0 Å². The van der Waals surface area contributed by atoms with Gasteiger partial charge in [-0.3, -0.25) is 0 Å². The maximum Gasteiger partial charge on any atom is 0.0851 e. The molecule has 3 fully saturated rings. The zero-order valence-electron chi connectivity index (χ0n) is 17.3. The number of hydrogen-bond donors (Lipinski definition) is 1. The molecule has 0 aromatic carbocycles. The van der Waals surface area contributed by atoms with Crippen LogP contribution in [0, 0.1) is 40.4 Å². The zero-order chi connectivity index (χ0) is 18.2. The van der Waals surface area contributed by atoms with Gasteiger partial charge >= 0.3 is 0 Å². The molecule has 0 aliphatic heterocycles. The molecule has 0 aromatic rings. The monoisotopic (exact) mass is 346 g/mol. The van der Waals surface area contributed by atoms with Crippen LogP contribution in [0.2, 0.25) is 0 Å². The fourth-order valence-corrected chi connectivity index (χ4v) is 7.55. The summed E-state index contributed by atoms with van der Waals surface area (Å²) in [4.78, 5) is 0. The molecular formula is C24H42O. The van der Waals surface area contributed by atoms with E-state index in [1.165, 1.54) is 57.8 Å². The van der Waals surface area contributed by atoms with Gasteiger partial charge in [0.1, 0.15) is 0 Å². The smallest absolute Gasteiger partial charge is 0.0851 e. The maximum atomic E-state index is 9.52. The Morgan fingerprint density at radius 1 is 1.00 bits per heavy atom. The summed E-state index contributed by atoms with van der Waals surface area (Å²) in [5, 5.41) is 9.52. The summed E-state index contributed by atoms with van der Waals surface area (Å²) < 4.78 is 0. The van der Waals surface area contributed by atoms with Crippen molar-refractivity contribution in [3.8, 4) is 0 Å². The Balaban J connectivity index is 1.77. The van der Waals surface area contributed by atoms with Crippen molar-refractivity contribution in [2.45, 2.75) is 98.3 Å². The molecular weight excluding hydrogens is 304 g/mol. The first kappa shape index (κ1) is 19.3. The average Bonchev–Trinajstić information content (AvgIpc) is 2.87. The Kier molecular flexibility index (Phi) is 5.62. The number of fused-ring (bicyclic) bond motifs is 3. The lowest BCUT2D eigenvalue weighted by molar-refractivity contribution is -0.0546. The number of rotatable bonds is 4. The van der Waals surface area contributed by atoms with Gasteiger partial charge in [0.25, 0.3) is 0 Å². The van der Waals surface area contributed by atoms with Crippen molar-refractivity contribution < 1.29 is 5.11 Å². The van der Waals surface area contributed by atoms with E-state index in [4.69, 9.17) is 0 Å². The van der Waals surface area contributed by atoms with E-state index >= 15 is 0 Å². The fourth-order valence-electron chi connectivity index (χ4n) is 7.55. The lowest BCUT2D eigenvalue weighted by atomic mass is 9.50. The fraction of sp³-hybridized carbons (Fsp3) is 0.917. The summed E-state index contributed by atoms with van der Waals surface area (Å²) in [5.41, 5.74) is 1.09. The van der Waals surface area contributed by atoms with Gasteiger partial charge in [0.05, 0.1) is 5.76 Å². The first-order valence-corrected chi connectivity index (χ1v) is 11.1. The number of allylic oxidation sites excluding steroid dienone is 1. The number of hydrogen-bond acceptors (Lipinski definition) is 1. The minimum atomic E-state index is 0.372. The highest BCUT2D eigenvalue weighted by atomic mass is 16.3. The standard InChI is InChI=1S/C24H42O/c1-17(10-11-18(2)25)20-12-13-22-19-9-7-6-8-15-23(3,4)21(19)14-16-24(20,22)5/h17,19-22,25H,2,6-16H2,1,3-5H3. The molecule has 6 atom stereocenters. The first-order valence-electron chi connectivity index (χ1n) is 11.1. The summed E-state index contributed by atoms with van der Waals surface area (Å²) in [6.45, 7) is 13.9. The molecule has 1 N–H and O–H groups in total. The second kappa shape index (κ2) is 7.28. The third kappa shape index (κ3) is 3.67. The predicted octanol–water partition coefficient (Wildman–Crippen LogP) is 7.52. The summed E-state index contributed by atoms with van der Waals surface area (Å²) in [6, 6.07) is 0. The minimum Gasteiger partial charge on any atom is -0.513 e. The van der Waals surface area contributed by atoms with E-state index in [1.807, 2.05) is 0 Å². The normalized spacial score (nSPS) is 41.9. The van der Waals surface area contributed by atoms with E-state index in [-0.39, 0.29) is 0 Å². The molecule has 0 spiro atoms. The van der Waals surface area contributed by atoms with Crippen molar-refractivity contribution in [2.24, 2.45) is 40.4 Å². The molecule has 0 aromatic heterocycles. The largest absolute Gasteiger partial charge is 0.513 e. The quantitative estimate of drug-likeness (QED) is 0.522. The van der Waals surface area contributed by atoms with E-state index in [0.29, 0.717) is 16.6 Å². The van der Waals surface area contributed by atoms with Gasteiger partial charge in [-0.2, -0.15) is 0 Å². The van der Waals surface area contributed by atoms with Gasteiger partial charge in [0, 0.05) is 6.42 Å². The number of aliphatic hydroxyl groups is 1. The summed E-state index contributed by atoms with van der Waals surface area (Å²) >= 11 is 0. The molecule has 0 radical (unpaired) electrons. The van der Waals surface area contributed by atoms with Crippen molar-refractivity contribution in [3.05, 3.63) is 12.3 Å². The van der Waals surface area contributed by atoms with Crippen molar-refractivity contribution >= 4 is 0 Å². The van der Waals surface area contributed by atoms with Crippen LogP contribution >= 0.6 is 0 Å². The molecule has 0 heterocycles. The lowest BCUT2D eigenvalue weighted by Crippen LogP contribution is -2.47. The van der Waals surface area contributed by atoms with Crippen LogP contribution < -0.4 is 0 Å². The Labute approximate surface area is 156 Å². The topological polar surface area (TPSA) is 20.2 Å². The van der Waals surface area contributed by atoms with Crippen LogP contribution in [0.25, 0.3) is 0 Å². The zero-order valence-corrected chi connectivity index (χ0v) is 17.3. The van der Waals surface area contributed by atoms with E-state index in [2.05, 4.69) is 34.3 Å². The first-order chi connectivity index (χ1) is 11.8. The van der Waals surface area contributed by atoms with Gasteiger partial charge in [-0.1, -0.05) is 53.5 Å². The van der Waals surface area contributed by atoms with E-state index in [0.717, 1.165) is 42.4 Å². The molecule has 0 saturated heterocycles. The second-order valence-electron chi connectivity index (χ2n) is 10.8. The molecule has 0 amide bonds. The van der Waals surface area contributed by atoms with Crippen LogP contribution in [0.3, 0.4) is 0 Å². The van der Waals surface area contributed by atoms with Crippen LogP contribution in [0.5, 0.6) is 0 Å². The van der Waals surface area contributed by atoms with Crippen LogP contribution in [0.1, 0.15) is 98.3 Å². The number of aliphatic hydroxyl groups excluding tert-OH is 1. The summed E-state index contributed by atoms with van der Waals surface area (Å²) in [7, 11) is 0. The molecule has 144 valence electrons. The van der Waals surface area contributed by atoms with Crippen molar-refractivity contribution in [3.63, 3.8) is 0 Å². The van der Waals surface area contributed by atoms with Gasteiger partial charge in [-0.15, -0.1) is 0 Å². The van der Waals surface area contributed by atoms with E-state index in [1.54, 1.807) is 0 Å². The molecule has 3 aliphatic rings. The van der Waals surface area contributed by atoms with Crippen LogP contribution in [-0.2, 0) is 0 Å². The molecule has 6 unspecified atom stereocenters. The van der Waals surface area contributed by atoms with Crippen molar-refractivity contribution in [1.82, 2.24) is 0 Å². The van der Waals surface area contributed by atoms with Gasteiger partial charge in [0.2, 0.25) is 0 Å². The molecule has 1 nitrogen and oxygen atoms in total. The van der Waals surface area contributed by atoms with Crippen LogP contribution in [0.15, 0.2) is 12.3 Å². The minimum absolute atomic E-state index is 0.372. The molecule has 1 heteroatoms. The molecule has 25 heavy (non-hydrogen) atoms. The van der Waals surface area contributed by atoms with E-state index in [9.17, 15) is 5.11 Å². The Bertz CT molecular complexity index is 478. The average molecular weight is 347 g/mol. The Morgan fingerprint density at radius 3 is 2.48 bits per heavy atom. The SMILES string of the molecule is C=C(O)CCC(C)C1CCC2C3CCCCCC(C)(C)C3CCC12C.